The predicted octanol–water partition coefficient (Wildman–Crippen LogP) is 2.18. The molecule has 0 aromatic heterocycles. The Morgan fingerprint density at radius 2 is 2.12 bits per heavy atom. The van der Waals surface area contributed by atoms with Gasteiger partial charge in [0.2, 0.25) is 0 Å². The van der Waals surface area contributed by atoms with E-state index >= 15 is 0 Å². The predicted molar refractivity (Wildman–Crippen MR) is 60.3 cm³/mol. The van der Waals surface area contributed by atoms with Crippen LogP contribution in [-0.4, -0.2) is 20.5 Å². The number of benzene rings is 1. The van der Waals surface area contributed by atoms with Crippen molar-refractivity contribution in [1.82, 2.24) is 0 Å². The molecule has 0 bridgehead atoms. The van der Waals surface area contributed by atoms with Crippen molar-refractivity contribution in [2.75, 3.05) is 0 Å². The van der Waals surface area contributed by atoms with Crippen molar-refractivity contribution in [3.8, 4) is 0 Å². The summed E-state index contributed by atoms with van der Waals surface area (Å²) < 4.78 is 24.9. The Labute approximate surface area is 95.8 Å². The molecule has 0 heterocycles. The van der Waals surface area contributed by atoms with Crippen LogP contribution in [0.5, 0.6) is 0 Å². The van der Waals surface area contributed by atoms with Gasteiger partial charge in [-0.25, -0.2) is 9.18 Å². The molecule has 0 aliphatic rings. The van der Waals surface area contributed by atoms with Crippen LogP contribution in [0.25, 0.3) is 0 Å². The van der Waals surface area contributed by atoms with Gasteiger partial charge >= 0.3 is 5.97 Å². The Morgan fingerprint density at radius 1 is 1.50 bits per heavy atom. The topological polar surface area (TPSA) is 54.4 Å². The monoisotopic (exact) mass is 244 g/mol. The molecule has 5 heteroatoms. The van der Waals surface area contributed by atoms with E-state index in [9.17, 15) is 13.4 Å². The average Bonchev–Trinajstić information content (AvgIpc) is 2.20. The van der Waals surface area contributed by atoms with Crippen molar-refractivity contribution in [1.29, 1.82) is 0 Å². The van der Waals surface area contributed by atoms with Crippen molar-refractivity contribution in [3.63, 3.8) is 0 Å². The molecule has 1 atom stereocenters. The summed E-state index contributed by atoms with van der Waals surface area (Å²) in [6, 6.07) is 3.52. The molecular weight excluding hydrogens is 231 g/mol. The second kappa shape index (κ2) is 5.21. The van der Waals surface area contributed by atoms with Crippen LogP contribution in [0.1, 0.15) is 29.8 Å². The molecule has 1 N–H and O–H groups in total. The molecule has 1 aromatic carbocycles. The number of carboxylic acid groups (broad SMARTS) is 1. The molecule has 0 aliphatic heterocycles. The fourth-order valence-corrected chi connectivity index (χ4v) is 2.00. The number of aromatic carboxylic acids is 1. The summed E-state index contributed by atoms with van der Waals surface area (Å²) >= 11 is 0. The molecule has 3 nitrogen and oxygen atoms in total. The minimum absolute atomic E-state index is 0.0113. The second-order valence-corrected chi connectivity index (χ2v) is 5.68. The van der Waals surface area contributed by atoms with Crippen LogP contribution in [0, 0.1) is 5.82 Å². The van der Waals surface area contributed by atoms with Crippen molar-refractivity contribution >= 4 is 16.8 Å². The molecule has 1 rings (SSSR count). The van der Waals surface area contributed by atoms with Crippen molar-refractivity contribution in [2.24, 2.45) is 0 Å². The molecule has 1 unspecified atom stereocenters. The molecule has 88 valence electrons. The summed E-state index contributed by atoms with van der Waals surface area (Å²) in [5.74, 6) is -1.58. The van der Waals surface area contributed by atoms with Crippen LogP contribution in [-0.2, 0) is 16.6 Å². The number of halogens is 1. The average molecular weight is 244 g/mol. The molecule has 0 saturated heterocycles. The molecule has 0 saturated carbocycles. The van der Waals surface area contributed by atoms with Gasteiger partial charge in [0.05, 0.1) is 11.3 Å². The molecule has 0 aliphatic carbocycles. The van der Waals surface area contributed by atoms with Gasteiger partial charge < -0.3 is 5.11 Å². The van der Waals surface area contributed by atoms with Crippen LogP contribution < -0.4 is 0 Å². The lowest BCUT2D eigenvalue weighted by Crippen LogP contribution is -2.10. The molecule has 0 amide bonds. The summed E-state index contributed by atoms with van der Waals surface area (Å²) in [6.45, 7) is 3.55. The van der Waals surface area contributed by atoms with Gasteiger partial charge in [0.15, 0.2) is 0 Å². The van der Waals surface area contributed by atoms with Crippen molar-refractivity contribution in [2.45, 2.75) is 24.9 Å². The normalized spacial score (nSPS) is 12.8. The van der Waals surface area contributed by atoms with E-state index in [2.05, 4.69) is 0 Å². The first kappa shape index (κ1) is 12.8. The highest BCUT2D eigenvalue weighted by atomic mass is 32.2. The lowest BCUT2D eigenvalue weighted by molar-refractivity contribution is 0.0696. The second-order valence-electron chi connectivity index (χ2n) is 3.69. The molecular formula is C11H13FO3S. The quantitative estimate of drug-likeness (QED) is 0.883. The third kappa shape index (κ3) is 3.13. The van der Waals surface area contributed by atoms with E-state index in [1.807, 2.05) is 0 Å². The van der Waals surface area contributed by atoms with Crippen LogP contribution in [0.3, 0.4) is 0 Å². The van der Waals surface area contributed by atoms with Gasteiger partial charge in [0.1, 0.15) is 5.82 Å². The first-order valence-corrected chi connectivity index (χ1v) is 6.19. The SMILES string of the molecule is CC(C)S(=O)Cc1cc(C(=O)O)ccc1F. The zero-order valence-electron chi connectivity index (χ0n) is 9.07. The number of carbonyl (C=O) groups is 1. The van der Waals surface area contributed by atoms with Crippen molar-refractivity contribution < 1.29 is 18.5 Å². The lowest BCUT2D eigenvalue weighted by Gasteiger charge is -2.07. The number of rotatable bonds is 4. The van der Waals surface area contributed by atoms with Gasteiger partial charge in [-0.3, -0.25) is 4.21 Å². The van der Waals surface area contributed by atoms with Gasteiger partial charge in [0, 0.05) is 21.6 Å². The number of carboxylic acids is 1. The maximum atomic E-state index is 13.3. The molecule has 0 radical (unpaired) electrons. The van der Waals surface area contributed by atoms with Gasteiger partial charge in [-0.1, -0.05) is 13.8 Å². The fraction of sp³-hybridized carbons (Fsp3) is 0.364. The molecule has 0 spiro atoms. The highest BCUT2D eigenvalue weighted by molar-refractivity contribution is 7.84. The summed E-state index contributed by atoms with van der Waals surface area (Å²) in [5.41, 5.74) is 0.198. The van der Waals surface area contributed by atoms with E-state index in [1.165, 1.54) is 12.1 Å². The standard InChI is InChI=1S/C11H13FO3S/c1-7(2)16(15)6-9-5-8(11(13)14)3-4-10(9)12/h3-5,7H,6H2,1-2H3,(H,13,14). The van der Waals surface area contributed by atoms with E-state index in [0.717, 1.165) is 6.07 Å². The molecule has 0 fully saturated rings. The summed E-state index contributed by atoms with van der Waals surface area (Å²) in [5, 5.41) is 8.67. The Balaban J connectivity index is 2.99. The van der Waals surface area contributed by atoms with E-state index in [0.29, 0.717) is 0 Å². The summed E-state index contributed by atoms with van der Waals surface area (Å²) in [6.07, 6.45) is 0. The van der Waals surface area contributed by atoms with Crippen LogP contribution in [0.4, 0.5) is 4.39 Å². The number of hydrogen-bond acceptors (Lipinski definition) is 2. The highest BCUT2D eigenvalue weighted by Gasteiger charge is 2.12. The van der Waals surface area contributed by atoms with Gasteiger partial charge in [-0.2, -0.15) is 0 Å². The van der Waals surface area contributed by atoms with E-state index < -0.39 is 22.6 Å². The van der Waals surface area contributed by atoms with Gasteiger partial charge in [-0.05, 0) is 18.2 Å². The van der Waals surface area contributed by atoms with Crippen LogP contribution in [0.2, 0.25) is 0 Å². The van der Waals surface area contributed by atoms with E-state index in [1.54, 1.807) is 13.8 Å². The first-order valence-electron chi connectivity index (χ1n) is 4.80. The first-order chi connectivity index (χ1) is 7.41. The fourth-order valence-electron chi connectivity index (χ4n) is 1.14. The maximum Gasteiger partial charge on any atom is 0.335 e. The smallest absolute Gasteiger partial charge is 0.335 e. The summed E-state index contributed by atoms with van der Waals surface area (Å²) in [7, 11) is -1.19. The van der Waals surface area contributed by atoms with E-state index in [-0.39, 0.29) is 22.1 Å². The highest BCUT2D eigenvalue weighted by Crippen LogP contribution is 2.14. The Hall–Kier alpha value is -1.23. The summed E-state index contributed by atoms with van der Waals surface area (Å²) in [4.78, 5) is 10.7. The Bertz CT molecular complexity index is 429. The molecule has 16 heavy (non-hydrogen) atoms. The zero-order chi connectivity index (χ0) is 12.3. The van der Waals surface area contributed by atoms with Gasteiger partial charge in [-0.15, -0.1) is 0 Å². The minimum atomic E-state index is -1.19. The zero-order valence-corrected chi connectivity index (χ0v) is 9.88. The minimum Gasteiger partial charge on any atom is -0.478 e. The maximum absolute atomic E-state index is 13.3. The largest absolute Gasteiger partial charge is 0.478 e. The lowest BCUT2D eigenvalue weighted by atomic mass is 10.1. The van der Waals surface area contributed by atoms with E-state index in [4.69, 9.17) is 5.11 Å². The number of hydrogen-bond donors (Lipinski definition) is 1. The van der Waals surface area contributed by atoms with Crippen LogP contribution in [0.15, 0.2) is 18.2 Å². The third-order valence-corrected chi connectivity index (χ3v) is 3.76. The Kier molecular flexibility index (Phi) is 4.18. The Morgan fingerprint density at radius 3 is 2.62 bits per heavy atom. The van der Waals surface area contributed by atoms with Gasteiger partial charge in [0.25, 0.3) is 0 Å². The molecule has 1 aromatic rings. The third-order valence-electron chi connectivity index (χ3n) is 2.12. The van der Waals surface area contributed by atoms with Crippen molar-refractivity contribution in [3.05, 3.63) is 35.1 Å². The van der Waals surface area contributed by atoms with Crippen LogP contribution >= 0.6 is 0 Å².